The van der Waals surface area contributed by atoms with Crippen LogP contribution in [0.4, 0.5) is 0 Å². The average molecular weight is 265 g/mol. The number of thioether (sulfide) groups is 1. The van der Waals surface area contributed by atoms with E-state index in [4.69, 9.17) is 0 Å². The van der Waals surface area contributed by atoms with Gasteiger partial charge in [-0.2, -0.15) is 11.8 Å². The van der Waals surface area contributed by atoms with Crippen LogP contribution in [0.3, 0.4) is 0 Å². The third-order valence-electron chi connectivity index (χ3n) is 2.95. The van der Waals surface area contributed by atoms with Gasteiger partial charge in [-0.15, -0.1) is 0 Å². The van der Waals surface area contributed by atoms with Crippen LogP contribution >= 0.6 is 11.8 Å². The van der Waals surface area contributed by atoms with Gasteiger partial charge in [0.05, 0.1) is 0 Å². The van der Waals surface area contributed by atoms with E-state index in [2.05, 4.69) is 57.3 Å². The summed E-state index contributed by atoms with van der Waals surface area (Å²) in [5.74, 6) is 1.92. The molecule has 1 N–H and O–H groups in total. The van der Waals surface area contributed by atoms with Gasteiger partial charge in [0, 0.05) is 17.5 Å². The molecule has 0 aliphatic heterocycles. The normalized spacial score (nSPS) is 12.9. The molecule has 0 aliphatic rings. The van der Waals surface area contributed by atoms with E-state index >= 15 is 0 Å². The topological polar surface area (TPSA) is 12.0 Å². The zero-order valence-electron chi connectivity index (χ0n) is 12.2. The highest BCUT2D eigenvalue weighted by atomic mass is 32.2. The van der Waals surface area contributed by atoms with Crippen molar-refractivity contribution in [3.05, 3.63) is 35.4 Å². The van der Waals surface area contributed by atoms with Gasteiger partial charge in [-0.1, -0.05) is 50.6 Å². The molecular formula is C16H27NS. The molecular weight excluding hydrogens is 238 g/mol. The van der Waals surface area contributed by atoms with Gasteiger partial charge in [-0.25, -0.2) is 0 Å². The number of hydrogen-bond acceptors (Lipinski definition) is 2. The zero-order valence-corrected chi connectivity index (χ0v) is 13.0. The Bertz CT molecular complexity index is 336. The van der Waals surface area contributed by atoms with Gasteiger partial charge in [0.25, 0.3) is 0 Å². The zero-order chi connectivity index (χ0) is 13.4. The molecule has 102 valence electrons. The molecule has 0 aliphatic carbocycles. The van der Waals surface area contributed by atoms with Crippen LogP contribution in [0.2, 0.25) is 0 Å². The summed E-state index contributed by atoms with van der Waals surface area (Å²) in [6, 6.07) is 8.81. The number of rotatable bonds is 8. The van der Waals surface area contributed by atoms with Crippen molar-refractivity contribution in [2.24, 2.45) is 5.92 Å². The predicted molar refractivity (Wildman–Crippen MR) is 84.3 cm³/mol. The smallest absolute Gasteiger partial charge is 0.0187 e. The summed E-state index contributed by atoms with van der Waals surface area (Å²) in [6.45, 7) is 11.3. The van der Waals surface area contributed by atoms with E-state index in [1.807, 2.05) is 11.8 Å². The Kier molecular flexibility index (Phi) is 7.45. The van der Waals surface area contributed by atoms with Crippen molar-refractivity contribution >= 4 is 11.8 Å². The van der Waals surface area contributed by atoms with Crippen LogP contribution < -0.4 is 5.32 Å². The average Bonchev–Trinajstić information content (AvgIpc) is 2.32. The van der Waals surface area contributed by atoms with Crippen LogP contribution in [-0.4, -0.2) is 18.3 Å². The van der Waals surface area contributed by atoms with E-state index < -0.39 is 0 Å². The Balaban J connectivity index is 2.15. The molecule has 0 fully saturated rings. The number of nitrogens with one attached hydrogen (secondary N) is 1. The Hall–Kier alpha value is -0.470. The maximum absolute atomic E-state index is 3.54. The largest absolute Gasteiger partial charge is 0.316 e. The molecule has 0 radical (unpaired) electrons. The highest BCUT2D eigenvalue weighted by Crippen LogP contribution is 2.17. The monoisotopic (exact) mass is 265 g/mol. The van der Waals surface area contributed by atoms with Gasteiger partial charge in [0.1, 0.15) is 0 Å². The van der Waals surface area contributed by atoms with E-state index in [0.29, 0.717) is 5.25 Å². The molecule has 1 aromatic rings. The van der Waals surface area contributed by atoms with Crippen LogP contribution in [0, 0.1) is 12.8 Å². The van der Waals surface area contributed by atoms with Crippen molar-refractivity contribution in [3.8, 4) is 0 Å². The molecule has 1 atom stereocenters. The first-order valence-corrected chi connectivity index (χ1v) is 8.00. The molecule has 0 heterocycles. The second-order valence-electron chi connectivity index (χ2n) is 5.50. The lowest BCUT2D eigenvalue weighted by Gasteiger charge is -2.13. The van der Waals surface area contributed by atoms with Crippen molar-refractivity contribution in [3.63, 3.8) is 0 Å². The highest BCUT2D eigenvalue weighted by molar-refractivity contribution is 7.99. The number of benzene rings is 1. The van der Waals surface area contributed by atoms with E-state index in [0.717, 1.165) is 24.8 Å². The lowest BCUT2D eigenvalue weighted by Crippen LogP contribution is -2.24. The fourth-order valence-electron chi connectivity index (χ4n) is 1.80. The maximum atomic E-state index is 3.54. The SMILES string of the molecule is Cc1cccc(CSC(C)CNCCC(C)C)c1. The van der Waals surface area contributed by atoms with Crippen LogP contribution in [0.25, 0.3) is 0 Å². The Labute approximate surface area is 117 Å². The van der Waals surface area contributed by atoms with Crippen molar-refractivity contribution in [2.75, 3.05) is 13.1 Å². The lowest BCUT2D eigenvalue weighted by molar-refractivity contribution is 0.539. The lowest BCUT2D eigenvalue weighted by atomic mass is 10.1. The van der Waals surface area contributed by atoms with E-state index in [1.165, 1.54) is 17.5 Å². The molecule has 1 unspecified atom stereocenters. The first-order valence-electron chi connectivity index (χ1n) is 6.95. The molecule has 0 bridgehead atoms. The summed E-state index contributed by atoms with van der Waals surface area (Å²) < 4.78 is 0. The minimum absolute atomic E-state index is 0.678. The number of aryl methyl sites for hydroxylation is 1. The van der Waals surface area contributed by atoms with Crippen LogP contribution in [0.5, 0.6) is 0 Å². The third-order valence-corrected chi connectivity index (χ3v) is 4.18. The van der Waals surface area contributed by atoms with Gasteiger partial charge in [0.2, 0.25) is 0 Å². The van der Waals surface area contributed by atoms with E-state index in [-0.39, 0.29) is 0 Å². The molecule has 0 saturated carbocycles. The first-order chi connectivity index (χ1) is 8.58. The fraction of sp³-hybridized carbons (Fsp3) is 0.625. The quantitative estimate of drug-likeness (QED) is 0.705. The molecule has 1 rings (SSSR count). The minimum atomic E-state index is 0.678. The van der Waals surface area contributed by atoms with Crippen LogP contribution in [-0.2, 0) is 5.75 Å². The summed E-state index contributed by atoms with van der Waals surface area (Å²) in [7, 11) is 0. The van der Waals surface area contributed by atoms with Gasteiger partial charge < -0.3 is 5.32 Å². The summed E-state index contributed by atoms with van der Waals surface area (Å²) >= 11 is 2.03. The van der Waals surface area contributed by atoms with Crippen molar-refractivity contribution < 1.29 is 0 Å². The molecule has 1 aromatic carbocycles. The first kappa shape index (κ1) is 15.6. The van der Waals surface area contributed by atoms with Gasteiger partial charge >= 0.3 is 0 Å². The Morgan fingerprint density at radius 1 is 1.22 bits per heavy atom. The highest BCUT2D eigenvalue weighted by Gasteiger charge is 2.03. The maximum Gasteiger partial charge on any atom is 0.0187 e. The van der Waals surface area contributed by atoms with Gasteiger partial charge in [-0.05, 0) is 31.4 Å². The second-order valence-corrected chi connectivity index (χ2v) is 6.92. The van der Waals surface area contributed by atoms with Crippen molar-refractivity contribution in [2.45, 2.75) is 45.1 Å². The molecule has 1 nitrogen and oxygen atoms in total. The summed E-state index contributed by atoms with van der Waals surface area (Å²) in [4.78, 5) is 0. The Morgan fingerprint density at radius 2 is 2.00 bits per heavy atom. The predicted octanol–water partition coefficient (Wildman–Crippen LogP) is 4.25. The molecule has 0 spiro atoms. The van der Waals surface area contributed by atoms with Crippen molar-refractivity contribution in [1.82, 2.24) is 5.32 Å². The Morgan fingerprint density at radius 3 is 2.67 bits per heavy atom. The molecule has 2 heteroatoms. The van der Waals surface area contributed by atoms with Crippen LogP contribution in [0.15, 0.2) is 24.3 Å². The van der Waals surface area contributed by atoms with Crippen molar-refractivity contribution in [1.29, 1.82) is 0 Å². The molecule has 18 heavy (non-hydrogen) atoms. The molecule has 0 aromatic heterocycles. The van der Waals surface area contributed by atoms with E-state index in [9.17, 15) is 0 Å². The molecule has 0 saturated heterocycles. The van der Waals surface area contributed by atoms with Crippen LogP contribution in [0.1, 0.15) is 38.3 Å². The summed E-state index contributed by atoms with van der Waals surface area (Å²) in [5, 5.41) is 4.22. The fourth-order valence-corrected chi connectivity index (χ4v) is 2.69. The summed E-state index contributed by atoms with van der Waals surface area (Å²) in [5.41, 5.74) is 2.80. The number of hydrogen-bond donors (Lipinski definition) is 1. The standard InChI is InChI=1S/C16H27NS/c1-13(2)8-9-17-11-15(4)18-12-16-7-5-6-14(3)10-16/h5-7,10,13,15,17H,8-9,11-12H2,1-4H3. The van der Waals surface area contributed by atoms with Gasteiger partial charge in [0.15, 0.2) is 0 Å². The minimum Gasteiger partial charge on any atom is -0.316 e. The summed E-state index contributed by atoms with van der Waals surface area (Å²) in [6.07, 6.45) is 1.27. The van der Waals surface area contributed by atoms with E-state index in [1.54, 1.807) is 0 Å². The second kappa shape index (κ2) is 8.60. The molecule has 0 amide bonds. The van der Waals surface area contributed by atoms with Gasteiger partial charge in [-0.3, -0.25) is 0 Å². The third kappa shape index (κ3) is 7.07.